The number of rotatable bonds is 2. The van der Waals surface area contributed by atoms with Crippen LogP contribution >= 0.6 is 27.5 Å². The Labute approximate surface area is 66.4 Å². The van der Waals surface area contributed by atoms with Crippen molar-refractivity contribution in [3.05, 3.63) is 15.5 Å². The molecule has 0 bridgehead atoms. The zero-order valence-corrected chi connectivity index (χ0v) is 7.20. The van der Waals surface area contributed by atoms with Gasteiger partial charge in [-0.2, -0.15) is 4.37 Å². The van der Waals surface area contributed by atoms with E-state index in [4.69, 9.17) is 5.73 Å². The van der Waals surface area contributed by atoms with Crippen molar-refractivity contribution >= 4 is 27.5 Å². The summed E-state index contributed by atoms with van der Waals surface area (Å²) in [7, 11) is 0. The molecule has 0 saturated heterocycles. The van der Waals surface area contributed by atoms with Crippen molar-refractivity contribution in [2.24, 2.45) is 5.73 Å². The summed E-state index contributed by atoms with van der Waals surface area (Å²) in [5.41, 5.74) is 5.35. The van der Waals surface area contributed by atoms with Gasteiger partial charge in [0.25, 0.3) is 0 Å². The lowest BCUT2D eigenvalue weighted by Crippen LogP contribution is -2.01. The fourth-order valence-electron chi connectivity index (χ4n) is 0.548. The Morgan fingerprint density at radius 1 is 1.78 bits per heavy atom. The smallest absolute Gasteiger partial charge is 0.0552 e. The maximum Gasteiger partial charge on any atom is 0.0552 e. The van der Waals surface area contributed by atoms with Gasteiger partial charge >= 0.3 is 0 Å². The summed E-state index contributed by atoms with van der Waals surface area (Å²) in [5.74, 6) is 0. The van der Waals surface area contributed by atoms with Gasteiger partial charge in [-0.15, -0.1) is 0 Å². The van der Waals surface area contributed by atoms with E-state index in [9.17, 15) is 0 Å². The maximum atomic E-state index is 5.35. The van der Waals surface area contributed by atoms with Gasteiger partial charge in [0, 0.05) is 4.88 Å². The van der Waals surface area contributed by atoms with Gasteiger partial charge in [-0.25, -0.2) is 0 Å². The largest absolute Gasteiger partial charge is 0.330 e. The van der Waals surface area contributed by atoms with Gasteiger partial charge in [-0.05, 0) is 40.4 Å². The molecule has 1 heterocycles. The summed E-state index contributed by atoms with van der Waals surface area (Å²) in [6, 6.07) is 0. The molecule has 1 rings (SSSR count). The monoisotopic (exact) mass is 206 g/mol. The molecule has 0 fully saturated rings. The Balaban J connectivity index is 2.69. The molecule has 0 aromatic carbocycles. The first kappa shape index (κ1) is 7.18. The molecule has 0 radical (unpaired) electrons. The molecule has 2 N–H and O–H groups in total. The topological polar surface area (TPSA) is 38.9 Å². The second-order valence-corrected chi connectivity index (χ2v) is 3.38. The van der Waals surface area contributed by atoms with Gasteiger partial charge in [0.2, 0.25) is 0 Å². The summed E-state index contributed by atoms with van der Waals surface area (Å²) in [6.07, 6.45) is 2.72. The van der Waals surface area contributed by atoms with Crippen LogP contribution in [-0.2, 0) is 6.42 Å². The number of hydrogen-bond donors (Lipinski definition) is 1. The van der Waals surface area contributed by atoms with Crippen molar-refractivity contribution in [2.75, 3.05) is 6.54 Å². The molecule has 0 spiro atoms. The first-order chi connectivity index (χ1) is 4.34. The van der Waals surface area contributed by atoms with Crippen molar-refractivity contribution in [2.45, 2.75) is 6.42 Å². The first-order valence-electron chi connectivity index (χ1n) is 2.63. The van der Waals surface area contributed by atoms with E-state index in [1.54, 1.807) is 6.20 Å². The highest BCUT2D eigenvalue weighted by Gasteiger charge is 1.98. The minimum atomic E-state index is 0.695. The van der Waals surface area contributed by atoms with Crippen molar-refractivity contribution < 1.29 is 0 Å². The lowest BCUT2D eigenvalue weighted by atomic mass is 10.4. The van der Waals surface area contributed by atoms with Gasteiger partial charge in [-0.1, -0.05) is 0 Å². The Kier molecular flexibility index (Phi) is 2.63. The molecular weight excluding hydrogens is 200 g/mol. The molecule has 1 aromatic heterocycles. The number of aromatic nitrogens is 1. The second kappa shape index (κ2) is 3.29. The Morgan fingerprint density at radius 2 is 2.56 bits per heavy atom. The molecule has 1 aromatic rings. The van der Waals surface area contributed by atoms with Gasteiger partial charge in [0.05, 0.1) is 10.7 Å². The number of halogens is 1. The van der Waals surface area contributed by atoms with Crippen LogP contribution in [0.25, 0.3) is 0 Å². The fourth-order valence-corrected chi connectivity index (χ4v) is 1.84. The van der Waals surface area contributed by atoms with Crippen molar-refractivity contribution in [3.8, 4) is 0 Å². The van der Waals surface area contributed by atoms with E-state index in [0.29, 0.717) is 6.54 Å². The molecule has 9 heavy (non-hydrogen) atoms. The van der Waals surface area contributed by atoms with E-state index in [0.717, 1.165) is 10.9 Å². The van der Waals surface area contributed by atoms with Crippen LogP contribution in [0.15, 0.2) is 10.7 Å². The zero-order valence-electron chi connectivity index (χ0n) is 4.80. The molecule has 2 nitrogen and oxygen atoms in total. The number of nitrogens with two attached hydrogens (primary N) is 1. The van der Waals surface area contributed by atoms with E-state index in [2.05, 4.69) is 20.3 Å². The molecule has 0 aliphatic carbocycles. The third-order valence-corrected chi connectivity index (χ3v) is 2.77. The Bertz CT molecular complexity index is 187. The summed E-state index contributed by atoms with van der Waals surface area (Å²) in [6.45, 7) is 0.695. The average molecular weight is 207 g/mol. The van der Waals surface area contributed by atoms with Crippen LogP contribution in [0.5, 0.6) is 0 Å². The van der Waals surface area contributed by atoms with E-state index < -0.39 is 0 Å². The van der Waals surface area contributed by atoms with Crippen molar-refractivity contribution in [1.82, 2.24) is 4.37 Å². The van der Waals surface area contributed by atoms with Crippen LogP contribution in [-0.4, -0.2) is 10.9 Å². The highest BCUT2D eigenvalue weighted by atomic mass is 79.9. The van der Waals surface area contributed by atoms with Gasteiger partial charge in [-0.3, -0.25) is 0 Å². The Morgan fingerprint density at radius 3 is 3.00 bits per heavy atom. The highest BCUT2D eigenvalue weighted by Crippen LogP contribution is 2.19. The molecule has 0 unspecified atom stereocenters. The molecule has 50 valence electrons. The van der Waals surface area contributed by atoms with Crippen LogP contribution in [0.2, 0.25) is 0 Å². The minimum absolute atomic E-state index is 0.695. The normalized spacial score (nSPS) is 10.0. The summed E-state index contributed by atoms with van der Waals surface area (Å²) in [5, 5.41) is 0. The molecule has 0 amide bonds. The summed E-state index contributed by atoms with van der Waals surface area (Å²) in [4.78, 5) is 1.23. The summed E-state index contributed by atoms with van der Waals surface area (Å²) >= 11 is 4.86. The zero-order chi connectivity index (χ0) is 6.69. The van der Waals surface area contributed by atoms with E-state index >= 15 is 0 Å². The maximum absolute atomic E-state index is 5.35. The predicted molar refractivity (Wildman–Crippen MR) is 42.6 cm³/mol. The van der Waals surface area contributed by atoms with Crippen LogP contribution in [0.1, 0.15) is 4.88 Å². The number of nitrogens with zero attached hydrogens (tertiary/aromatic N) is 1. The lowest BCUT2D eigenvalue weighted by molar-refractivity contribution is 0.984. The molecular formula is C5H7BrN2S. The molecule has 0 saturated carbocycles. The van der Waals surface area contributed by atoms with Crippen LogP contribution in [0, 0.1) is 0 Å². The highest BCUT2D eigenvalue weighted by molar-refractivity contribution is 9.10. The SMILES string of the molecule is NCCc1sncc1Br. The quantitative estimate of drug-likeness (QED) is 0.796. The second-order valence-electron chi connectivity index (χ2n) is 1.64. The molecule has 4 heteroatoms. The minimum Gasteiger partial charge on any atom is -0.330 e. The molecule has 0 atom stereocenters. The van der Waals surface area contributed by atoms with E-state index in [1.807, 2.05) is 0 Å². The lowest BCUT2D eigenvalue weighted by Gasteiger charge is -1.89. The van der Waals surface area contributed by atoms with Crippen molar-refractivity contribution in [1.29, 1.82) is 0 Å². The van der Waals surface area contributed by atoms with Crippen molar-refractivity contribution in [3.63, 3.8) is 0 Å². The fraction of sp³-hybridized carbons (Fsp3) is 0.400. The van der Waals surface area contributed by atoms with Gasteiger partial charge in [0.15, 0.2) is 0 Å². The van der Waals surface area contributed by atoms with Gasteiger partial charge in [0.1, 0.15) is 0 Å². The Hall–Kier alpha value is 0.0700. The standard InChI is InChI=1S/C5H7BrN2S/c6-4-3-8-9-5(4)1-2-7/h3H,1-2,7H2. The predicted octanol–water partition coefficient (Wildman–Crippen LogP) is 1.41. The van der Waals surface area contributed by atoms with E-state index in [1.165, 1.54) is 16.4 Å². The third kappa shape index (κ3) is 1.74. The first-order valence-corrected chi connectivity index (χ1v) is 4.20. The summed E-state index contributed by atoms with van der Waals surface area (Å²) < 4.78 is 5.06. The third-order valence-electron chi connectivity index (χ3n) is 0.967. The molecule has 0 aliphatic rings. The van der Waals surface area contributed by atoms with Crippen LogP contribution in [0.4, 0.5) is 0 Å². The molecule has 0 aliphatic heterocycles. The average Bonchev–Trinajstić information content (AvgIpc) is 2.18. The van der Waals surface area contributed by atoms with Gasteiger partial charge < -0.3 is 5.73 Å². The number of hydrogen-bond acceptors (Lipinski definition) is 3. The van der Waals surface area contributed by atoms with Crippen LogP contribution in [0.3, 0.4) is 0 Å². The van der Waals surface area contributed by atoms with Crippen LogP contribution < -0.4 is 5.73 Å². The van der Waals surface area contributed by atoms with E-state index in [-0.39, 0.29) is 0 Å².